The summed E-state index contributed by atoms with van der Waals surface area (Å²) in [7, 11) is 0. The van der Waals surface area contributed by atoms with E-state index in [2.05, 4.69) is 26.6 Å². The van der Waals surface area contributed by atoms with E-state index in [1.165, 1.54) is 6.08 Å². The van der Waals surface area contributed by atoms with Gasteiger partial charge in [0.25, 0.3) is 11.8 Å². The van der Waals surface area contributed by atoms with Gasteiger partial charge in [0.15, 0.2) is 0 Å². The van der Waals surface area contributed by atoms with Gasteiger partial charge in [0, 0.05) is 10.0 Å². The van der Waals surface area contributed by atoms with Crippen LogP contribution in [0.4, 0.5) is 0 Å². The first-order chi connectivity index (χ1) is 14.3. The number of aliphatic carboxylic acids is 1. The molecule has 2 amide bonds. The van der Waals surface area contributed by atoms with Crippen LogP contribution in [0.15, 0.2) is 58.7 Å². The number of aryl methyl sites for hydroxylation is 1. The maximum atomic E-state index is 12.9. The van der Waals surface area contributed by atoms with Gasteiger partial charge in [0.05, 0.1) is 0 Å². The van der Waals surface area contributed by atoms with E-state index in [0.29, 0.717) is 24.0 Å². The molecule has 1 atom stereocenters. The van der Waals surface area contributed by atoms with Gasteiger partial charge in [-0.25, -0.2) is 4.79 Å². The number of hydrogen-bond donors (Lipinski definition) is 3. The molecule has 3 N–H and O–H groups in total. The molecule has 0 radical (unpaired) electrons. The van der Waals surface area contributed by atoms with Crippen molar-refractivity contribution in [3.8, 4) is 0 Å². The number of amides is 2. The molecular formula is C23H25BrN2O4. The Labute approximate surface area is 184 Å². The fraction of sp³-hybridized carbons (Fsp3) is 0.261. The molecule has 7 heteroatoms. The van der Waals surface area contributed by atoms with Gasteiger partial charge in [-0.3, -0.25) is 9.59 Å². The summed E-state index contributed by atoms with van der Waals surface area (Å²) in [5.74, 6) is -2.21. The van der Waals surface area contributed by atoms with Crippen molar-refractivity contribution in [3.63, 3.8) is 0 Å². The highest BCUT2D eigenvalue weighted by Gasteiger charge is 2.22. The molecule has 0 heterocycles. The summed E-state index contributed by atoms with van der Waals surface area (Å²) in [6.07, 6.45) is 3.31. The molecule has 0 bridgehead atoms. The lowest BCUT2D eigenvalue weighted by Gasteiger charge is -2.16. The van der Waals surface area contributed by atoms with E-state index >= 15 is 0 Å². The molecule has 2 rings (SSSR count). The summed E-state index contributed by atoms with van der Waals surface area (Å²) in [6, 6.07) is 13.1. The van der Waals surface area contributed by atoms with Gasteiger partial charge in [-0.05, 0) is 49.2 Å². The van der Waals surface area contributed by atoms with Crippen LogP contribution >= 0.6 is 15.9 Å². The van der Waals surface area contributed by atoms with Crippen LogP contribution < -0.4 is 10.6 Å². The van der Waals surface area contributed by atoms with Gasteiger partial charge in [0.2, 0.25) is 0 Å². The Bertz CT molecular complexity index is 938. The summed E-state index contributed by atoms with van der Waals surface area (Å²) in [6.45, 7) is 3.86. The zero-order chi connectivity index (χ0) is 22.1. The van der Waals surface area contributed by atoms with Crippen LogP contribution in [-0.4, -0.2) is 28.9 Å². The van der Waals surface area contributed by atoms with Crippen molar-refractivity contribution in [1.29, 1.82) is 0 Å². The van der Waals surface area contributed by atoms with Crippen molar-refractivity contribution >= 4 is 39.8 Å². The third kappa shape index (κ3) is 7.15. The normalized spacial score (nSPS) is 12.2. The van der Waals surface area contributed by atoms with Crippen LogP contribution in [-0.2, 0) is 9.59 Å². The predicted molar refractivity (Wildman–Crippen MR) is 120 cm³/mol. The van der Waals surface area contributed by atoms with Crippen molar-refractivity contribution in [2.45, 2.75) is 39.2 Å². The number of hydrogen-bond acceptors (Lipinski definition) is 3. The SMILES string of the molecule is CCCCC(NC(=O)/C(=C\c1cccc(Br)c1)NC(=O)c1ccc(C)cc1)C(=O)O. The largest absolute Gasteiger partial charge is 0.480 e. The molecule has 158 valence electrons. The first-order valence-corrected chi connectivity index (χ1v) is 10.5. The minimum Gasteiger partial charge on any atom is -0.480 e. The second kappa shape index (κ2) is 11.3. The molecule has 0 saturated carbocycles. The minimum atomic E-state index is -1.11. The van der Waals surface area contributed by atoms with Crippen molar-refractivity contribution in [3.05, 3.63) is 75.4 Å². The Kier molecular flexibility index (Phi) is 8.80. The first kappa shape index (κ1) is 23.3. The number of nitrogens with one attached hydrogen (secondary N) is 2. The summed E-state index contributed by atoms with van der Waals surface area (Å²) in [4.78, 5) is 37.0. The van der Waals surface area contributed by atoms with E-state index in [1.54, 1.807) is 42.5 Å². The highest BCUT2D eigenvalue weighted by atomic mass is 79.9. The summed E-state index contributed by atoms with van der Waals surface area (Å²) in [5, 5.41) is 14.6. The molecule has 2 aromatic rings. The van der Waals surface area contributed by atoms with Crippen LogP contribution in [0, 0.1) is 6.92 Å². The van der Waals surface area contributed by atoms with E-state index in [-0.39, 0.29) is 5.70 Å². The van der Waals surface area contributed by atoms with Gasteiger partial charge in [-0.15, -0.1) is 0 Å². The smallest absolute Gasteiger partial charge is 0.326 e. The molecule has 6 nitrogen and oxygen atoms in total. The van der Waals surface area contributed by atoms with Gasteiger partial charge in [-0.2, -0.15) is 0 Å². The quantitative estimate of drug-likeness (QED) is 0.474. The number of halogens is 1. The Balaban J connectivity index is 2.30. The predicted octanol–water partition coefficient (Wildman–Crippen LogP) is 4.29. The van der Waals surface area contributed by atoms with Crippen molar-refractivity contribution < 1.29 is 19.5 Å². The molecule has 0 saturated heterocycles. The topological polar surface area (TPSA) is 95.5 Å². The van der Waals surface area contributed by atoms with Crippen LogP contribution in [0.5, 0.6) is 0 Å². The average molecular weight is 473 g/mol. The van der Waals surface area contributed by atoms with Gasteiger partial charge < -0.3 is 15.7 Å². The fourth-order valence-electron chi connectivity index (χ4n) is 2.72. The van der Waals surface area contributed by atoms with E-state index in [0.717, 1.165) is 16.5 Å². The van der Waals surface area contributed by atoms with Crippen molar-refractivity contribution in [2.75, 3.05) is 0 Å². The zero-order valence-electron chi connectivity index (χ0n) is 16.9. The zero-order valence-corrected chi connectivity index (χ0v) is 18.5. The van der Waals surface area contributed by atoms with Gasteiger partial charge in [0.1, 0.15) is 11.7 Å². The molecule has 0 spiro atoms. The fourth-order valence-corrected chi connectivity index (χ4v) is 3.14. The molecule has 30 heavy (non-hydrogen) atoms. The summed E-state index contributed by atoms with van der Waals surface area (Å²) in [5.41, 5.74) is 2.06. The van der Waals surface area contributed by atoms with Gasteiger partial charge in [-0.1, -0.05) is 65.5 Å². The number of carbonyl (C=O) groups is 3. The third-order valence-corrected chi connectivity index (χ3v) is 4.91. The lowest BCUT2D eigenvalue weighted by molar-refractivity contribution is -0.141. The second-order valence-electron chi connectivity index (χ2n) is 6.94. The number of unbranched alkanes of at least 4 members (excludes halogenated alkanes) is 1. The summed E-state index contributed by atoms with van der Waals surface area (Å²) < 4.78 is 0.812. The van der Waals surface area contributed by atoms with E-state index in [9.17, 15) is 19.5 Å². The molecular weight excluding hydrogens is 448 g/mol. The lowest BCUT2D eigenvalue weighted by Crippen LogP contribution is -2.44. The number of carbonyl (C=O) groups excluding carboxylic acids is 2. The van der Waals surface area contributed by atoms with Crippen LogP contribution in [0.25, 0.3) is 6.08 Å². The summed E-state index contributed by atoms with van der Waals surface area (Å²) >= 11 is 3.38. The molecule has 1 unspecified atom stereocenters. The third-order valence-electron chi connectivity index (χ3n) is 4.42. The maximum absolute atomic E-state index is 12.9. The highest BCUT2D eigenvalue weighted by Crippen LogP contribution is 2.15. The van der Waals surface area contributed by atoms with Crippen molar-refractivity contribution in [1.82, 2.24) is 10.6 Å². The van der Waals surface area contributed by atoms with E-state index < -0.39 is 23.8 Å². The molecule has 2 aromatic carbocycles. The molecule has 0 aliphatic carbocycles. The standard InChI is InChI=1S/C23H25BrN2O4/c1-3-4-8-19(23(29)30)25-22(28)20(14-16-6-5-7-18(24)13-16)26-21(27)17-11-9-15(2)10-12-17/h5-7,9-14,19H,3-4,8H2,1-2H3,(H,25,28)(H,26,27)(H,29,30)/b20-14+. The van der Waals surface area contributed by atoms with Gasteiger partial charge >= 0.3 is 5.97 Å². The van der Waals surface area contributed by atoms with Crippen LogP contribution in [0.1, 0.15) is 47.7 Å². The number of carboxylic acids is 1. The molecule has 0 fully saturated rings. The monoisotopic (exact) mass is 472 g/mol. The number of rotatable bonds is 9. The molecule has 0 aliphatic rings. The highest BCUT2D eigenvalue weighted by molar-refractivity contribution is 9.10. The average Bonchev–Trinajstić information content (AvgIpc) is 2.70. The number of benzene rings is 2. The Morgan fingerprint density at radius 1 is 1.13 bits per heavy atom. The number of carboxylic acid groups (broad SMARTS) is 1. The molecule has 0 aromatic heterocycles. The Hall–Kier alpha value is -2.93. The maximum Gasteiger partial charge on any atom is 0.326 e. The van der Waals surface area contributed by atoms with E-state index in [1.807, 2.05) is 19.9 Å². The second-order valence-corrected chi connectivity index (χ2v) is 7.86. The molecule has 0 aliphatic heterocycles. The lowest BCUT2D eigenvalue weighted by atomic mass is 10.1. The van der Waals surface area contributed by atoms with E-state index in [4.69, 9.17) is 0 Å². The van der Waals surface area contributed by atoms with Crippen LogP contribution in [0.3, 0.4) is 0 Å². The van der Waals surface area contributed by atoms with Crippen LogP contribution in [0.2, 0.25) is 0 Å². The Morgan fingerprint density at radius 2 is 1.83 bits per heavy atom. The first-order valence-electron chi connectivity index (χ1n) is 9.69. The van der Waals surface area contributed by atoms with Crippen molar-refractivity contribution in [2.24, 2.45) is 0 Å². The minimum absolute atomic E-state index is 0.0265. The Morgan fingerprint density at radius 3 is 2.43 bits per heavy atom.